The van der Waals surface area contributed by atoms with Crippen LogP contribution < -0.4 is 9.47 Å². The molecule has 0 aromatic heterocycles. The van der Waals surface area contributed by atoms with Gasteiger partial charge in [-0.2, -0.15) is 5.26 Å². The molecule has 0 bridgehead atoms. The first-order valence-corrected chi connectivity index (χ1v) is 5.62. The average molecular weight is 270 g/mol. The fourth-order valence-corrected chi connectivity index (χ4v) is 1.56. The maximum atomic E-state index is 8.67. The summed E-state index contributed by atoms with van der Waals surface area (Å²) in [5.74, 6) is 1.40. The van der Waals surface area contributed by atoms with Crippen LogP contribution in [0.5, 0.6) is 11.5 Å². The first-order chi connectivity index (χ1) is 7.21. The lowest BCUT2D eigenvalue weighted by Crippen LogP contribution is -2.09. The van der Waals surface area contributed by atoms with Gasteiger partial charge in [0, 0.05) is 17.0 Å². The molecule has 0 fully saturated rings. The number of rotatable bonds is 4. The van der Waals surface area contributed by atoms with Crippen molar-refractivity contribution < 1.29 is 9.47 Å². The smallest absolute Gasteiger partial charge is 0.181 e. The Hall–Kier alpha value is -1.21. The molecule has 3 nitrogen and oxygen atoms in total. The Morgan fingerprint density at radius 2 is 2.27 bits per heavy atom. The van der Waals surface area contributed by atoms with E-state index in [0.717, 1.165) is 11.3 Å². The molecule has 1 rings (SSSR count). The van der Waals surface area contributed by atoms with Crippen LogP contribution in [0.3, 0.4) is 0 Å². The van der Waals surface area contributed by atoms with Crippen LogP contribution in [0.1, 0.15) is 12.5 Å². The van der Waals surface area contributed by atoms with Gasteiger partial charge >= 0.3 is 0 Å². The number of halogens is 1. The Bertz CT molecular complexity index is 373. The topological polar surface area (TPSA) is 42.2 Å². The summed E-state index contributed by atoms with van der Waals surface area (Å²) >= 11 is 3.36. The van der Waals surface area contributed by atoms with Crippen LogP contribution in [0.4, 0.5) is 0 Å². The molecule has 4 heteroatoms. The highest BCUT2D eigenvalue weighted by molar-refractivity contribution is 9.08. The molecular formula is C11H12BrNO2. The zero-order valence-corrected chi connectivity index (χ0v) is 10.2. The normalized spacial score (nSPS) is 11.6. The third-order valence-electron chi connectivity index (χ3n) is 1.90. The lowest BCUT2D eigenvalue weighted by atomic mass is 10.2. The molecule has 1 atom stereocenters. The Labute approximate surface area is 97.7 Å². The molecule has 0 aliphatic heterocycles. The van der Waals surface area contributed by atoms with Crippen LogP contribution in [0.15, 0.2) is 18.2 Å². The molecule has 0 amide bonds. The Morgan fingerprint density at radius 1 is 1.53 bits per heavy atom. The van der Waals surface area contributed by atoms with Crippen molar-refractivity contribution in [2.45, 2.75) is 18.4 Å². The third kappa shape index (κ3) is 3.14. The molecule has 0 aliphatic rings. The summed E-state index contributed by atoms with van der Waals surface area (Å²) in [7, 11) is 1.60. The first kappa shape index (κ1) is 11.9. The molecular weight excluding hydrogens is 258 g/mol. The van der Waals surface area contributed by atoms with Gasteiger partial charge in [0.15, 0.2) is 6.10 Å². The molecule has 80 valence electrons. The highest BCUT2D eigenvalue weighted by atomic mass is 79.9. The van der Waals surface area contributed by atoms with E-state index in [-0.39, 0.29) is 0 Å². The SMILES string of the molecule is COc1ccc(CBr)c(OC(C)C#N)c1. The van der Waals surface area contributed by atoms with Crippen molar-refractivity contribution in [2.75, 3.05) is 7.11 Å². The maximum absolute atomic E-state index is 8.67. The van der Waals surface area contributed by atoms with Gasteiger partial charge < -0.3 is 9.47 Å². The van der Waals surface area contributed by atoms with Gasteiger partial charge in [-0.15, -0.1) is 0 Å². The van der Waals surface area contributed by atoms with Crippen molar-refractivity contribution in [3.63, 3.8) is 0 Å². The highest BCUT2D eigenvalue weighted by Gasteiger charge is 2.08. The predicted molar refractivity (Wildman–Crippen MR) is 61.3 cm³/mol. The number of methoxy groups -OCH3 is 1. The summed E-state index contributed by atoms with van der Waals surface area (Å²) in [6.07, 6.45) is -0.463. The van der Waals surface area contributed by atoms with E-state index >= 15 is 0 Å². The molecule has 0 saturated carbocycles. The molecule has 15 heavy (non-hydrogen) atoms. The lowest BCUT2D eigenvalue weighted by molar-refractivity contribution is 0.273. The molecule has 0 N–H and O–H groups in total. The van der Waals surface area contributed by atoms with Crippen molar-refractivity contribution in [3.8, 4) is 17.6 Å². The van der Waals surface area contributed by atoms with E-state index in [0.29, 0.717) is 11.1 Å². The molecule has 0 heterocycles. The Morgan fingerprint density at radius 3 is 2.80 bits per heavy atom. The summed E-state index contributed by atoms with van der Waals surface area (Å²) in [6.45, 7) is 1.71. The fraction of sp³-hybridized carbons (Fsp3) is 0.364. The number of hydrogen-bond acceptors (Lipinski definition) is 3. The average Bonchev–Trinajstić information content (AvgIpc) is 2.28. The van der Waals surface area contributed by atoms with Crippen molar-refractivity contribution in [1.82, 2.24) is 0 Å². The minimum atomic E-state index is -0.463. The molecule has 1 unspecified atom stereocenters. The summed E-state index contributed by atoms with van der Waals surface area (Å²) in [5.41, 5.74) is 0.998. The van der Waals surface area contributed by atoms with Crippen LogP contribution in [0.25, 0.3) is 0 Å². The molecule has 0 saturated heterocycles. The highest BCUT2D eigenvalue weighted by Crippen LogP contribution is 2.27. The van der Waals surface area contributed by atoms with Gasteiger partial charge in [-0.25, -0.2) is 0 Å². The van der Waals surface area contributed by atoms with Crippen LogP contribution in [0, 0.1) is 11.3 Å². The summed E-state index contributed by atoms with van der Waals surface area (Å²) in [4.78, 5) is 0. The van der Waals surface area contributed by atoms with Gasteiger partial charge in [-0.05, 0) is 13.0 Å². The van der Waals surface area contributed by atoms with Gasteiger partial charge in [-0.1, -0.05) is 22.0 Å². The van der Waals surface area contributed by atoms with E-state index in [1.807, 2.05) is 18.2 Å². The zero-order valence-electron chi connectivity index (χ0n) is 8.66. The largest absolute Gasteiger partial charge is 0.497 e. The minimum absolute atomic E-state index is 0.463. The van der Waals surface area contributed by atoms with Gasteiger partial charge in [0.2, 0.25) is 0 Å². The fourth-order valence-electron chi connectivity index (χ4n) is 1.10. The predicted octanol–water partition coefficient (Wildman–Crippen LogP) is 2.88. The minimum Gasteiger partial charge on any atom is -0.497 e. The van der Waals surface area contributed by atoms with E-state index in [1.54, 1.807) is 20.1 Å². The molecule has 1 aromatic carbocycles. The molecule has 1 aromatic rings. The van der Waals surface area contributed by atoms with Crippen molar-refractivity contribution in [3.05, 3.63) is 23.8 Å². The van der Waals surface area contributed by atoms with E-state index in [2.05, 4.69) is 15.9 Å². The number of benzene rings is 1. The van der Waals surface area contributed by atoms with Gasteiger partial charge in [0.25, 0.3) is 0 Å². The monoisotopic (exact) mass is 269 g/mol. The summed E-state index contributed by atoms with van der Waals surface area (Å²) in [6, 6.07) is 7.58. The zero-order chi connectivity index (χ0) is 11.3. The van der Waals surface area contributed by atoms with E-state index < -0.39 is 6.10 Å². The number of ether oxygens (including phenoxy) is 2. The lowest BCUT2D eigenvalue weighted by Gasteiger charge is -2.12. The first-order valence-electron chi connectivity index (χ1n) is 4.50. The van der Waals surface area contributed by atoms with Gasteiger partial charge in [-0.3, -0.25) is 0 Å². The van der Waals surface area contributed by atoms with Crippen LogP contribution in [-0.2, 0) is 5.33 Å². The molecule has 0 spiro atoms. The second kappa shape index (κ2) is 5.62. The van der Waals surface area contributed by atoms with Crippen molar-refractivity contribution in [1.29, 1.82) is 5.26 Å². The van der Waals surface area contributed by atoms with E-state index in [4.69, 9.17) is 14.7 Å². The number of hydrogen-bond donors (Lipinski definition) is 0. The number of nitriles is 1. The van der Waals surface area contributed by atoms with Gasteiger partial charge in [0.05, 0.1) is 7.11 Å². The van der Waals surface area contributed by atoms with Gasteiger partial charge in [0.1, 0.15) is 17.6 Å². The number of nitrogens with zero attached hydrogens (tertiary/aromatic N) is 1. The van der Waals surface area contributed by atoms with E-state index in [1.165, 1.54) is 0 Å². The van der Waals surface area contributed by atoms with Crippen LogP contribution >= 0.6 is 15.9 Å². The number of alkyl halides is 1. The van der Waals surface area contributed by atoms with Crippen molar-refractivity contribution >= 4 is 15.9 Å². The second-order valence-electron chi connectivity index (χ2n) is 3.00. The Balaban J connectivity index is 2.97. The standard InChI is InChI=1S/C11H12BrNO2/c1-8(7-13)15-11-5-10(14-2)4-3-9(11)6-12/h3-5,8H,6H2,1-2H3. The third-order valence-corrected chi connectivity index (χ3v) is 2.51. The Kier molecular flexibility index (Phi) is 4.44. The van der Waals surface area contributed by atoms with Crippen LogP contribution in [-0.4, -0.2) is 13.2 Å². The second-order valence-corrected chi connectivity index (χ2v) is 3.56. The van der Waals surface area contributed by atoms with E-state index in [9.17, 15) is 0 Å². The van der Waals surface area contributed by atoms with Crippen LogP contribution in [0.2, 0.25) is 0 Å². The molecule has 0 aliphatic carbocycles. The summed E-state index contributed by atoms with van der Waals surface area (Å²) in [5, 5.41) is 9.35. The quantitative estimate of drug-likeness (QED) is 0.790. The molecule has 0 radical (unpaired) electrons. The van der Waals surface area contributed by atoms with Crippen molar-refractivity contribution in [2.24, 2.45) is 0 Å². The summed E-state index contributed by atoms with van der Waals surface area (Å²) < 4.78 is 10.5. The maximum Gasteiger partial charge on any atom is 0.181 e.